The van der Waals surface area contributed by atoms with Gasteiger partial charge in [0.2, 0.25) is 0 Å². The summed E-state index contributed by atoms with van der Waals surface area (Å²) in [5.41, 5.74) is 8.90. The Balaban J connectivity index is 2.48. The van der Waals surface area contributed by atoms with Gasteiger partial charge in [0.05, 0.1) is 6.04 Å². The van der Waals surface area contributed by atoms with Gasteiger partial charge in [0.1, 0.15) is 0 Å². The van der Waals surface area contributed by atoms with Crippen LogP contribution in [0.1, 0.15) is 22.7 Å². The van der Waals surface area contributed by atoms with E-state index in [1.54, 1.807) is 12.1 Å². The maximum Gasteiger partial charge on any atom is 0.0581 e. The van der Waals surface area contributed by atoms with E-state index in [0.29, 0.717) is 15.1 Å². The lowest BCUT2D eigenvalue weighted by atomic mass is 9.98. The van der Waals surface area contributed by atoms with Crippen LogP contribution in [0.4, 0.5) is 0 Å². The molecular weight excluding hydrogens is 289 g/mol. The molecule has 0 amide bonds. The lowest BCUT2D eigenvalue weighted by molar-refractivity contribution is 0.870. The average molecular weight is 301 g/mol. The Morgan fingerprint density at radius 3 is 2.39 bits per heavy atom. The quantitative estimate of drug-likeness (QED) is 0.829. The Hall–Kier alpha value is -0.730. The van der Waals surface area contributed by atoms with Gasteiger partial charge in [0, 0.05) is 15.1 Å². The summed E-state index contributed by atoms with van der Waals surface area (Å²) in [5, 5.41) is 1.81. The van der Waals surface area contributed by atoms with Gasteiger partial charge in [0.25, 0.3) is 0 Å². The van der Waals surface area contributed by atoms with Crippen molar-refractivity contribution in [2.75, 3.05) is 0 Å². The number of aryl methyl sites for hydroxylation is 1. The van der Waals surface area contributed by atoms with Gasteiger partial charge in [-0.15, -0.1) is 0 Å². The van der Waals surface area contributed by atoms with Crippen molar-refractivity contribution in [1.82, 2.24) is 0 Å². The van der Waals surface area contributed by atoms with E-state index in [2.05, 4.69) is 0 Å². The molecule has 4 heteroatoms. The molecule has 0 bridgehead atoms. The highest BCUT2D eigenvalue weighted by Crippen LogP contribution is 2.33. The summed E-state index contributed by atoms with van der Waals surface area (Å²) in [7, 11) is 0. The summed E-state index contributed by atoms with van der Waals surface area (Å²) >= 11 is 18.3. The predicted molar refractivity (Wildman–Crippen MR) is 78.7 cm³/mol. The molecule has 0 spiro atoms. The Bertz CT molecular complexity index is 581. The van der Waals surface area contributed by atoms with Gasteiger partial charge < -0.3 is 5.73 Å². The molecule has 1 atom stereocenters. The van der Waals surface area contributed by atoms with Crippen LogP contribution in [0.3, 0.4) is 0 Å². The molecule has 1 nitrogen and oxygen atoms in total. The van der Waals surface area contributed by atoms with Gasteiger partial charge in [-0.1, -0.05) is 59.1 Å². The van der Waals surface area contributed by atoms with Crippen molar-refractivity contribution in [2.24, 2.45) is 5.73 Å². The summed E-state index contributed by atoms with van der Waals surface area (Å²) in [6.45, 7) is 1.95. The van der Waals surface area contributed by atoms with Crippen LogP contribution in [0.25, 0.3) is 0 Å². The summed E-state index contributed by atoms with van der Waals surface area (Å²) in [4.78, 5) is 0. The minimum absolute atomic E-state index is 0.359. The Morgan fingerprint density at radius 2 is 1.72 bits per heavy atom. The molecule has 0 aliphatic carbocycles. The first-order valence-corrected chi connectivity index (χ1v) is 6.59. The van der Waals surface area contributed by atoms with Crippen LogP contribution >= 0.6 is 34.8 Å². The predicted octanol–water partition coefficient (Wildman–Crippen LogP) is 5.00. The van der Waals surface area contributed by atoms with E-state index in [-0.39, 0.29) is 6.04 Å². The van der Waals surface area contributed by atoms with Crippen molar-refractivity contribution >= 4 is 34.8 Å². The van der Waals surface area contributed by atoms with Gasteiger partial charge >= 0.3 is 0 Å². The highest BCUT2D eigenvalue weighted by atomic mass is 35.5. The van der Waals surface area contributed by atoms with Gasteiger partial charge in [0.15, 0.2) is 0 Å². The van der Waals surface area contributed by atoms with Crippen molar-refractivity contribution < 1.29 is 0 Å². The second kappa shape index (κ2) is 5.50. The smallest absolute Gasteiger partial charge is 0.0581 e. The van der Waals surface area contributed by atoms with Crippen molar-refractivity contribution in [2.45, 2.75) is 13.0 Å². The van der Waals surface area contributed by atoms with Crippen molar-refractivity contribution in [3.05, 3.63) is 68.2 Å². The van der Waals surface area contributed by atoms with Gasteiger partial charge in [-0.2, -0.15) is 0 Å². The summed E-state index contributed by atoms with van der Waals surface area (Å²) < 4.78 is 0. The lowest BCUT2D eigenvalue weighted by Gasteiger charge is -2.17. The molecule has 2 rings (SSSR count). The van der Waals surface area contributed by atoms with Crippen LogP contribution in [0.5, 0.6) is 0 Å². The monoisotopic (exact) mass is 299 g/mol. The molecule has 0 radical (unpaired) electrons. The topological polar surface area (TPSA) is 26.0 Å². The first-order valence-electron chi connectivity index (χ1n) is 5.46. The molecule has 94 valence electrons. The fourth-order valence-corrected chi connectivity index (χ4v) is 2.60. The molecule has 2 N–H and O–H groups in total. The molecule has 18 heavy (non-hydrogen) atoms. The molecule has 2 aromatic carbocycles. The number of hydrogen-bond donors (Lipinski definition) is 1. The maximum atomic E-state index is 6.27. The Morgan fingerprint density at radius 1 is 1.00 bits per heavy atom. The zero-order chi connectivity index (χ0) is 13.3. The Kier molecular flexibility index (Phi) is 4.18. The third-order valence-electron chi connectivity index (χ3n) is 2.85. The second-order valence-electron chi connectivity index (χ2n) is 4.12. The molecule has 0 heterocycles. The molecule has 1 unspecified atom stereocenters. The molecule has 0 aromatic heterocycles. The van der Waals surface area contributed by atoms with E-state index in [0.717, 1.165) is 16.7 Å². The van der Waals surface area contributed by atoms with Crippen LogP contribution in [0.15, 0.2) is 36.4 Å². The van der Waals surface area contributed by atoms with E-state index in [4.69, 9.17) is 40.5 Å². The standard InChI is InChI=1S/C14H12Cl3N/c1-8-3-2-4-11(13(8)17)14(18)10-6-5-9(15)7-12(10)16/h2-7,14H,18H2,1H3. The number of rotatable bonds is 2. The zero-order valence-corrected chi connectivity index (χ0v) is 12.0. The first kappa shape index (κ1) is 13.7. The third-order valence-corrected chi connectivity index (χ3v) is 3.93. The molecule has 0 fully saturated rings. The summed E-state index contributed by atoms with van der Waals surface area (Å²) in [6.07, 6.45) is 0. The van der Waals surface area contributed by atoms with E-state index < -0.39 is 0 Å². The second-order valence-corrected chi connectivity index (χ2v) is 5.34. The minimum atomic E-state index is -0.359. The highest BCUT2D eigenvalue weighted by molar-refractivity contribution is 6.35. The average Bonchev–Trinajstić information content (AvgIpc) is 2.32. The summed E-state index contributed by atoms with van der Waals surface area (Å²) in [6, 6.07) is 10.7. The van der Waals surface area contributed by atoms with E-state index >= 15 is 0 Å². The Labute approximate surface area is 121 Å². The first-order chi connectivity index (χ1) is 8.50. The molecule has 0 saturated heterocycles. The number of benzene rings is 2. The van der Waals surface area contributed by atoms with Crippen LogP contribution in [0.2, 0.25) is 15.1 Å². The van der Waals surface area contributed by atoms with Crippen LogP contribution < -0.4 is 5.73 Å². The van der Waals surface area contributed by atoms with Gasteiger partial charge in [-0.05, 0) is 35.7 Å². The molecule has 0 aliphatic rings. The normalized spacial score (nSPS) is 12.5. The molecule has 2 aromatic rings. The summed E-state index contributed by atoms with van der Waals surface area (Å²) in [5.74, 6) is 0. The van der Waals surface area contributed by atoms with E-state index in [9.17, 15) is 0 Å². The lowest BCUT2D eigenvalue weighted by Crippen LogP contribution is -2.13. The number of nitrogens with two attached hydrogens (primary N) is 1. The molecular formula is C14H12Cl3N. The number of hydrogen-bond acceptors (Lipinski definition) is 1. The largest absolute Gasteiger partial charge is 0.320 e. The molecule has 0 aliphatic heterocycles. The third kappa shape index (κ3) is 2.65. The van der Waals surface area contributed by atoms with Gasteiger partial charge in [-0.3, -0.25) is 0 Å². The van der Waals surface area contributed by atoms with E-state index in [1.165, 1.54) is 0 Å². The molecule has 0 saturated carbocycles. The van der Waals surface area contributed by atoms with Crippen LogP contribution in [-0.4, -0.2) is 0 Å². The van der Waals surface area contributed by atoms with Crippen molar-refractivity contribution in [3.63, 3.8) is 0 Å². The van der Waals surface area contributed by atoms with Gasteiger partial charge in [-0.25, -0.2) is 0 Å². The fourth-order valence-electron chi connectivity index (χ4n) is 1.83. The maximum absolute atomic E-state index is 6.27. The minimum Gasteiger partial charge on any atom is -0.320 e. The van der Waals surface area contributed by atoms with Crippen LogP contribution in [-0.2, 0) is 0 Å². The highest BCUT2D eigenvalue weighted by Gasteiger charge is 2.16. The SMILES string of the molecule is Cc1cccc(C(N)c2ccc(Cl)cc2Cl)c1Cl. The zero-order valence-electron chi connectivity index (χ0n) is 9.75. The van der Waals surface area contributed by atoms with E-state index in [1.807, 2.05) is 31.2 Å². The number of halogens is 3. The van der Waals surface area contributed by atoms with Crippen molar-refractivity contribution in [3.8, 4) is 0 Å². The van der Waals surface area contributed by atoms with Crippen molar-refractivity contribution in [1.29, 1.82) is 0 Å². The fraction of sp³-hybridized carbons (Fsp3) is 0.143. The van der Waals surface area contributed by atoms with Crippen LogP contribution in [0, 0.1) is 6.92 Å².